The summed E-state index contributed by atoms with van der Waals surface area (Å²) in [6.45, 7) is -0.243. The fraction of sp³-hybridized carbons (Fsp3) is 0.474. The third-order valence-electron chi connectivity index (χ3n) is 4.81. The molecule has 1 N–H and O–H groups in total. The maximum absolute atomic E-state index is 12.9. The Bertz CT molecular complexity index is 824. The lowest BCUT2D eigenvalue weighted by Crippen LogP contribution is -2.46. The molecule has 6 nitrogen and oxygen atoms in total. The second-order valence-electron chi connectivity index (χ2n) is 6.78. The highest BCUT2D eigenvalue weighted by Gasteiger charge is 2.22. The molecule has 1 aromatic heterocycles. The monoisotopic (exact) mass is 573 g/mol. The molecular formula is C19H24Cl2F2IN5O. The van der Waals surface area contributed by atoms with Crippen LogP contribution in [0.2, 0.25) is 10.0 Å². The van der Waals surface area contributed by atoms with Crippen molar-refractivity contribution in [2.75, 3.05) is 26.7 Å². The minimum Gasteiger partial charge on any atom is -0.493 e. The Morgan fingerprint density at radius 1 is 1.27 bits per heavy atom. The zero-order valence-corrected chi connectivity index (χ0v) is 20.2. The Labute approximate surface area is 201 Å². The van der Waals surface area contributed by atoms with Crippen LogP contribution in [0.25, 0.3) is 0 Å². The first kappa shape index (κ1) is 24.9. The van der Waals surface area contributed by atoms with Gasteiger partial charge in [0.15, 0.2) is 5.96 Å². The predicted molar refractivity (Wildman–Crippen MR) is 125 cm³/mol. The van der Waals surface area contributed by atoms with Crippen molar-refractivity contribution in [3.05, 3.63) is 46.5 Å². The van der Waals surface area contributed by atoms with Crippen LogP contribution in [0.15, 0.2) is 35.6 Å². The van der Waals surface area contributed by atoms with Crippen LogP contribution in [0, 0.1) is 5.92 Å². The van der Waals surface area contributed by atoms with Crippen LogP contribution >= 0.6 is 47.2 Å². The van der Waals surface area contributed by atoms with Gasteiger partial charge in [-0.05, 0) is 37.0 Å². The van der Waals surface area contributed by atoms with Gasteiger partial charge in [0.05, 0.1) is 13.2 Å². The molecule has 0 radical (unpaired) electrons. The molecule has 0 atom stereocenters. The summed E-state index contributed by atoms with van der Waals surface area (Å²) in [5, 5.41) is 4.21. The average Bonchev–Trinajstić information content (AvgIpc) is 3.16. The molecule has 1 aromatic carbocycles. The molecule has 1 aliphatic heterocycles. The largest absolute Gasteiger partial charge is 0.493 e. The quantitative estimate of drug-likeness (QED) is 0.298. The Kier molecular flexibility index (Phi) is 9.89. The van der Waals surface area contributed by atoms with Crippen molar-refractivity contribution in [1.29, 1.82) is 0 Å². The van der Waals surface area contributed by atoms with Gasteiger partial charge in [-0.15, -0.1) is 24.0 Å². The van der Waals surface area contributed by atoms with Crippen LogP contribution in [0.3, 0.4) is 0 Å². The summed E-state index contributed by atoms with van der Waals surface area (Å²) in [6, 6.07) is 5.16. The number of piperidine rings is 1. The van der Waals surface area contributed by atoms with Crippen LogP contribution < -0.4 is 10.1 Å². The van der Waals surface area contributed by atoms with Crippen molar-refractivity contribution >= 4 is 53.1 Å². The summed E-state index contributed by atoms with van der Waals surface area (Å²) >= 11 is 12.0. The molecule has 1 fully saturated rings. The maximum atomic E-state index is 12.9. The van der Waals surface area contributed by atoms with Gasteiger partial charge >= 0.3 is 6.55 Å². The molecular weight excluding hydrogens is 550 g/mol. The van der Waals surface area contributed by atoms with Gasteiger partial charge in [-0.3, -0.25) is 9.56 Å². The summed E-state index contributed by atoms with van der Waals surface area (Å²) in [5.74, 6) is 2.01. The van der Waals surface area contributed by atoms with E-state index in [9.17, 15) is 8.78 Å². The average molecular weight is 574 g/mol. The number of nitrogens with one attached hydrogen (secondary N) is 1. The van der Waals surface area contributed by atoms with Gasteiger partial charge in [-0.2, -0.15) is 8.78 Å². The number of guanidine groups is 1. The Morgan fingerprint density at radius 3 is 2.53 bits per heavy atom. The van der Waals surface area contributed by atoms with Crippen LogP contribution in [-0.2, 0) is 6.54 Å². The van der Waals surface area contributed by atoms with Gasteiger partial charge in [0.1, 0.15) is 11.6 Å². The molecule has 1 aliphatic rings. The zero-order chi connectivity index (χ0) is 20.8. The van der Waals surface area contributed by atoms with E-state index in [2.05, 4.69) is 20.2 Å². The Hall–Kier alpha value is -1.33. The lowest BCUT2D eigenvalue weighted by molar-refractivity contribution is 0.0668. The third-order valence-corrected chi connectivity index (χ3v) is 5.25. The highest BCUT2D eigenvalue weighted by atomic mass is 127. The van der Waals surface area contributed by atoms with Crippen molar-refractivity contribution in [3.8, 4) is 5.75 Å². The molecule has 0 saturated carbocycles. The standard InChI is InChI=1S/C19H23Cl2F2N5O.HI/c1-24-19(26-11-17-25-4-7-28(17)18(22)23)27-5-2-13(3-6-27)12-29-16-9-14(20)8-15(21)10-16;/h4,7-10,13,18H,2-3,5-6,11-12H2,1H3,(H,24,26);1H. The van der Waals surface area contributed by atoms with Crippen molar-refractivity contribution in [3.63, 3.8) is 0 Å². The van der Waals surface area contributed by atoms with Crippen molar-refractivity contribution in [2.24, 2.45) is 10.9 Å². The molecule has 0 aliphatic carbocycles. The van der Waals surface area contributed by atoms with E-state index in [0.29, 0.717) is 34.3 Å². The molecule has 1 saturated heterocycles. The predicted octanol–water partition coefficient (Wildman–Crippen LogP) is 5.07. The third kappa shape index (κ3) is 6.84. The smallest absolute Gasteiger partial charge is 0.319 e. The van der Waals surface area contributed by atoms with Crippen molar-refractivity contribution < 1.29 is 13.5 Å². The van der Waals surface area contributed by atoms with Gasteiger partial charge in [0, 0.05) is 42.6 Å². The lowest BCUT2D eigenvalue weighted by atomic mass is 9.98. The summed E-state index contributed by atoms with van der Waals surface area (Å²) in [7, 11) is 1.68. The van der Waals surface area contributed by atoms with E-state index in [0.717, 1.165) is 30.5 Å². The number of likely N-dealkylation sites (tertiary alicyclic amines) is 1. The number of imidazole rings is 1. The normalized spacial score (nSPS) is 15.3. The summed E-state index contributed by atoms with van der Waals surface area (Å²) in [5.41, 5.74) is 0. The number of alkyl halides is 2. The number of halogens is 5. The number of rotatable bonds is 6. The summed E-state index contributed by atoms with van der Waals surface area (Å²) in [4.78, 5) is 10.4. The Morgan fingerprint density at radius 2 is 1.93 bits per heavy atom. The van der Waals surface area contributed by atoms with Gasteiger partial charge in [-0.1, -0.05) is 23.2 Å². The first-order valence-electron chi connectivity index (χ1n) is 9.30. The number of ether oxygens (including phenoxy) is 1. The number of hydrogen-bond donors (Lipinski definition) is 1. The second kappa shape index (κ2) is 11.9. The topological polar surface area (TPSA) is 54.7 Å². The molecule has 166 valence electrons. The molecule has 0 unspecified atom stereocenters. The number of nitrogens with zero attached hydrogens (tertiary/aromatic N) is 4. The van der Waals surface area contributed by atoms with Gasteiger partial charge in [0.2, 0.25) is 0 Å². The van der Waals surface area contributed by atoms with Gasteiger partial charge in [0.25, 0.3) is 0 Å². The van der Waals surface area contributed by atoms with E-state index >= 15 is 0 Å². The van der Waals surface area contributed by atoms with Crippen molar-refractivity contribution in [2.45, 2.75) is 25.9 Å². The highest BCUT2D eigenvalue weighted by Crippen LogP contribution is 2.26. The van der Waals surface area contributed by atoms with Gasteiger partial charge in [-0.25, -0.2) is 4.98 Å². The lowest BCUT2D eigenvalue weighted by Gasteiger charge is -2.34. The molecule has 0 spiro atoms. The molecule has 11 heteroatoms. The minimum absolute atomic E-state index is 0. The number of hydrogen-bond acceptors (Lipinski definition) is 3. The van der Waals surface area contributed by atoms with Crippen LogP contribution in [-0.4, -0.2) is 47.2 Å². The van der Waals surface area contributed by atoms with E-state index in [1.54, 1.807) is 25.2 Å². The van der Waals surface area contributed by atoms with Gasteiger partial charge < -0.3 is 15.0 Å². The number of benzene rings is 1. The fourth-order valence-electron chi connectivity index (χ4n) is 3.29. The van der Waals surface area contributed by atoms with Crippen LogP contribution in [0.5, 0.6) is 5.75 Å². The minimum atomic E-state index is -2.61. The maximum Gasteiger partial charge on any atom is 0.319 e. The number of aliphatic imine (C=N–C) groups is 1. The van der Waals surface area contributed by atoms with E-state index in [1.807, 2.05) is 0 Å². The van der Waals surface area contributed by atoms with E-state index in [4.69, 9.17) is 27.9 Å². The van der Waals surface area contributed by atoms with E-state index in [1.165, 1.54) is 12.4 Å². The SMILES string of the molecule is CN=C(NCc1nccn1C(F)F)N1CCC(COc2cc(Cl)cc(Cl)c2)CC1.I. The first-order chi connectivity index (χ1) is 14.0. The zero-order valence-electron chi connectivity index (χ0n) is 16.4. The van der Waals surface area contributed by atoms with E-state index in [-0.39, 0.29) is 36.3 Å². The molecule has 2 heterocycles. The number of aromatic nitrogens is 2. The molecule has 30 heavy (non-hydrogen) atoms. The van der Waals surface area contributed by atoms with Crippen LogP contribution in [0.4, 0.5) is 8.78 Å². The second-order valence-corrected chi connectivity index (χ2v) is 7.65. The van der Waals surface area contributed by atoms with Crippen LogP contribution in [0.1, 0.15) is 25.2 Å². The summed E-state index contributed by atoms with van der Waals surface area (Å²) < 4.78 is 32.5. The van der Waals surface area contributed by atoms with Crippen molar-refractivity contribution in [1.82, 2.24) is 19.8 Å². The first-order valence-corrected chi connectivity index (χ1v) is 10.1. The highest BCUT2D eigenvalue weighted by molar-refractivity contribution is 14.0. The fourth-order valence-corrected chi connectivity index (χ4v) is 3.79. The molecule has 2 aromatic rings. The molecule has 0 amide bonds. The molecule has 0 bridgehead atoms. The van der Waals surface area contributed by atoms with E-state index < -0.39 is 6.55 Å². The Balaban J connectivity index is 0.00000320. The molecule has 3 rings (SSSR count). The summed E-state index contributed by atoms with van der Waals surface area (Å²) in [6.07, 6.45) is 4.49.